The molecule has 0 atom stereocenters. The third kappa shape index (κ3) is 0.706. The fourth-order valence-electron chi connectivity index (χ4n) is 0.842. The van der Waals surface area contributed by atoms with E-state index in [1.165, 1.54) is 4.80 Å². The normalized spacial score (nSPS) is 21.0. The van der Waals surface area contributed by atoms with Crippen molar-refractivity contribution in [1.82, 2.24) is 20.2 Å². The SMILES string of the molecule is Cn1nnc(C2(N)CC2)n1. The molecule has 2 rings (SSSR count). The summed E-state index contributed by atoms with van der Waals surface area (Å²) in [6.45, 7) is 0. The van der Waals surface area contributed by atoms with E-state index < -0.39 is 0 Å². The molecule has 0 spiro atoms. The Morgan fingerprint density at radius 1 is 1.60 bits per heavy atom. The van der Waals surface area contributed by atoms with Crippen LogP contribution in [0.5, 0.6) is 0 Å². The first kappa shape index (κ1) is 5.79. The van der Waals surface area contributed by atoms with Crippen LogP contribution in [0.15, 0.2) is 0 Å². The van der Waals surface area contributed by atoms with Gasteiger partial charge < -0.3 is 5.73 Å². The first-order chi connectivity index (χ1) is 4.71. The van der Waals surface area contributed by atoms with Gasteiger partial charge in [-0.3, -0.25) is 0 Å². The predicted octanol–water partition coefficient (Wildman–Crippen LogP) is -0.842. The fraction of sp³-hybridized carbons (Fsp3) is 0.800. The molecule has 54 valence electrons. The largest absolute Gasteiger partial charge is 0.319 e. The van der Waals surface area contributed by atoms with Gasteiger partial charge in [-0.2, -0.15) is 4.80 Å². The van der Waals surface area contributed by atoms with Crippen LogP contribution in [0.1, 0.15) is 18.7 Å². The van der Waals surface area contributed by atoms with Crippen LogP contribution in [-0.2, 0) is 12.6 Å². The molecule has 1 aromatic heterocycles. The number of nitrogens with zero attached hydrogens (tertiary/aromatic N) is 4. The Morgan fingerprint density at radius 3 is 2.70 bits per heavy atom. The average Bonchev–Trinajstić information content (AvgIpc) is 2.45. The highest BCUT2D eigenvalue weighted by Gasteiger charge is 2.44. The Hall–Kier alpha value is -0.970. The van der Waals surface area contributed by atoms with Gasteiger partial charge in [0.15, 0.2) is 5.82 Å². The number of aryl methyl sites for hydroxylation is 1. The molecule has 0 unspecified atom stereocenters. The molecule has 1 fully saturated rings. The molecular formula is C5H9N5. The third-order valence-corrected chi connectivity index (χ3v) is 1.74. The molecule has 1 aliphatic carbocycles. The topological polar surface area (TPSA) is 69.6 Å². The zero-order valence-corrected chi connectivity index (χ0v) is 5.78. The van der Waals surface area contributed by atoms with Crippen molar-refractivity contribution in [1.29, 1.82) is 0 Å². The summed E-state index contributed by atoms with van der Waals surface area (Å²) in [4.78, 5) is 1.43. The molecular weight excluding hydrogens is 130 g/mol. The van der Waals surface area contributed by atoms with Crippen LogP contribution in [-0.4, -0.2) is 20.2 Å². The summed E-state index contributed by atoms with van der Waals surface area (Å²) in [5, 5.41) is 11.5. The maximum atomic E-state index is 5.80. The zero-order valence-electron chi connectivity index (χ0n) is 5.78. The molecule has 0 saturated heterocycles. The molecule has 0 bridgehead atoms. The highest BCUT2D eigenvalue weighted by Crippen LogP contribution is 2.40. The van der Waals surface area contributed by atoms with Crippen molar-refractivity contribution in [3.63, 3.8) is 0 Å². The molecule has 0 radical (unpaired) electrons. The lowest BCUT2D eigenvalue weighted by Crippen LogP contribution is -2.20. The van der Waals surface area contributed by atoms with Crippen molar-refractivity contribution in [2.75, 3.05) is 0 Å². The standard InChI is InChI=1S/C5H9N5/c1-10-8-4(7-9-10)5(6)2-3-5/h2-3,6H2,1H3. The second-order valence-electron chi connectivity index (χ2n) is 2.76. The zero-order chi connectivity index (χ0) is 7.19. The lowest BCUT2D eigenvalue weighted by atomic mass is 10.3. The molecule has 0 amide bonds. The van der Waals surface area contributed by atoms with E-state index in [4.69, 9.17) is 5.73 Å². The van der Waals surface area contributed by atoms with Crippen LogP contribution in [0.3, 0.4) is 0 Å². The Labute approximate surface area is 58.2 Å². The minimum absolute atomic E-state index is 0.242. The van der Waals surface area contributed by atoms with Crippen molar-refractivity contribution < 1.29 is 0 Å². The first-order valence-corrected chi connectivity index (χ1v) is 3.24. The van der Waals surface area contributed by atoms with Gasteiger partial charge in [0.2, 0.25) is 0 Å². The van der Waals surface area contributed by atoms with E-state index in [2.05, 4.69) is 15.4 Å². The van der Waals surface area contributed by atoms with Gasteiger partial charge in [-0.25, -0.2) is 0 Å². The molecule has 1 heterocycles. The molecule has 0 aliphatic heterocycles. The van der Waals surface area contributed by atoms with Crippen LogP contribution in [0, 0.1) is 0 Å². The van der Waals surface area contributed by atoms with Crippen LogP contribution in [0.25, 0.3) is 0 Å². The van der Waals surface area contributed by atoms with E-state index in [9.17, 15) is 0 Å². The van der Waals surface area contributed by atoms with E-state index in [0.717, 1.165) is 12.8 Å². The van der Waals surface area contributed by atoms with Crippen molar-refractivity contribution >= 4 is 0 Å². The fourth-order valence-corrected chi connectivity index (χ4v) is 0.842. The molecule has 1 aliphatic rings. The van der Waals surface area contributed by atoms with Crippen molar-refractivity contribution in [3.05, 3.63) is 5.82 Å². The number of nitrogens with two attached hydrogens (primary N) is 1. The van der Waals surface area contributed by atoms with Gasteiger partial charge in [0.25, 0.3) is 0 Å². The monoisotopic (exact) mass is 139 g/mol. The quantitative estimate of drug-likeness (QED) is 0.550. The Morgan fingerprint density at radius 2 is 2.30 bits per heavy atom. The van der Waals surface area contributed by atoms with Crippen molar-refractivity contribution in [3.8, 4) is 0 Å². The smallest absolute Gasteiger partial charge is 0.194 e. The molecule has 5 nitrogen and oxygen atoms in total. The number of aromatic nitrogens is 4. The Balaban J connectivity index is 2.34. The molecule has 0 aromatic carbocycles. The van der Waals surface area contributed by atoms with E-state index in [1.54, 1.807) is 7.05 Å². The summed E-state index contributed by atoms with van der Waals surface area (Å²) in [5.41, 5.74) is 5.56. The second kappa shape index (κ2) is 1.54. The number of hydrogen-bond donors (Lipinski definition) is 1. The summed E-state index contributed by atoms with van der Waals surface area (Å²) in [6, 6.07) is 0. The predicted molar refractivity (Wildman–Crippen MR) is 33.9 cm³/mol. The lowest BCUT2D eigenvalue weighted by Gasteiger charge is -1.97. The van der Waals surface area contributed by atoms with Gasteiger partial charge in [-0.05, 0) is 18.1 Å². The van der Waals surface area contributed by atoms with Gasteiger partial charge in [0, 0.05) is 0 Å². The average molecular weight is 139 g/mol. The summed E-state index contributed by atoms with van der Waals surface area (Å²) >= 11 is 0. The van der Waals surface area contributed by atoms with Crippen LogP contribution < -0.4 is 5.73 Å². The van der Waals surface area contributed by atoms with Crippen LogP contribution >= 0.6 is 0 Å². The summed E-state index contributed by atoms with van der Waals surface area (Å²) in [6.07, 6.45) is 1.97. The molecule has 2 N–H and O–H groups in total. The second-order valence-corrected chi connectivity index (χ2v) is 2.76. The maximum absolute atomic E-state index is 5.80. The summed E-state index contributed by atoms with van der Waals surface area (Å²) < 4.78 is 0. The van der Waals surface area contributed by atoms with Crippen molar-refractivity contribution in [2.45, 2.75) is 18.4 Å². The Bertz CT molecular complexity index is 248. The van der Waals surface area contributed by atoms with Crippen LogP contribution in [0.2, 0.25) is 0 Å². The number of rotatable bonds is 1. The van der Waals surface area contributed by atoms with E-state index in [-0.39, 0.29) is 5.54 Å². The summed E-state index contributed by atoms with van der Waals surface area (Å²) in [5.74, 6) is 0.676. The van der Waals surface area contributed by atoms with Crippen molar-refractivity contribution in [2.24, 2.45) is 12.8 Å². The lowest BCUT2D eigenvalue weighted by molar-refractivity contribution is 0.615. The highest BCUT2D eigenvalue weighted by atomic mass is 15.6. The maximum Gasteiger partial charge on any atom is 0.194 e. The van der Waals surface area contributed by atoms with Gasteiger partial charge in [0.05, 0.1) is 12.6 Å². The minimum atomic E-state index is -0.242. The van der Waals surface area contributed by atoms with Crippen LogP contribution in [0.4, 0.5) is 0 Å². The molecule has 10 heavy (non-hydrogen) atoms. The molecule has 5 heteroatoms. The van der Waals surface area contributed by atoms with E-state index >= 15 is 0 Å². The number of tetrazole rings is 1. The first-order valence-electron chi connectivity index (χ1n) is 3.24. The van der Waals surface area contributed by atoms with Gasteiger partial charge >= 0.3 is 0 Å². The third-order valence-electron chi connectivity index (χ3n) is 1.74. The van der Waals surface area contributed by atoms with Gasteiger partial charge in [-0.15, -0.1) is 10.2 Å². The molecule has 1 saturated carbocycles. The van der Waals surface area contributed by atoms with E-state index in [0.29, 0.717) is 5.82 Å². The number of hydrogen-bond acceptors (Lipinski definition) is 4. The highest BCUT2D eigenvalue weighted by molar-refractivity contribution is 5.11. The van der Waals surface area contributed by atoms with Gasteiger partial charge in [0.1, 0.15) is 0 Å². The molecule has 1 aromatic rings. The van der Waals surface area contributed by atoms with Gasteiger partial charge in [-0.1, -0.05) is 0 Å². The summed E-state index contributed by atoms with van der Waals surface area (Å²) in [7, 11) is 1.74. The van der Waals surface area contributed by atoms with E-state index in [1.807, 2.05) is 0 Å². The Kier molecular flexibility index (Phi) is 0.894. The minimum Gasteiger partial charge on any atom is -0.319 e.